The second-order valence-electron chi connectivity index (χ2n) is 6.37. The van der Waals surface area contributed by atoms with E-state index in [4.69, 9.17) is 0 Å². The highest BCUT2D eigenvalue weighted by Gasteiger charge is 2.19. The summed E-state index contributed by atoms with van der Waals surface area (Å²) in [5.41, 5.74) is 4.45. The van der Waals surface area contributed by atoms with Gasteiger partial charge in [-0.2, -0.15) is 5.10 Å². The monoisotopic (exact) mass is 376 g/mol. The van der Waals surface area contributed by atoms with Gasteiger partial charge in [-0.3, -0.25) is 9.89 Å². The minimum absolute atomic E-state index is 0.0906. The number of H-pyrrole nitrogens is 1. The molecule has 1 amide bonds. The molecule has 2 aromatic carbocycles. The average molecular weight is 376 g/mol. The molecular weight excluding hydrogens is 356 g/mol. The molecule has 0 saturated carbocycles. The smallest absolute Gasteiger partial charge is 0.254 e. The summed E-state index contributed by atoms with van der Waals surface area (Å²) in [6.45, 7) is 1.41. The van der Waals surface area contributed by atoms with Gasteiger partial charge in [0.15, 0.2) is 5.16 Å². The molecule has 136 valence electrons. The van der Waals surface area contributed by atoms with Gasteiger partial charge in [-0.15, -0.1) is 0 Å². The van der Waals surface area contributed by atoms with Gasteiger partial charge in [-0.25, -0.2) is 4.98 Å². The Morgan fingerprint density at radius 1 is 1.11 bits per heavy atom. The number of carbonyl (C=O) groups excluding carboxylic acids is 1. The molecule has 1 aliphatic heterocycles. The predicted molar refractivity (Wildman–Crippen MR) is 107 cm³/mol. The number of rotatable bonds is 5. The van der Waals surface area contributed by atoms with Crippen molar-refractivity contribution in [3.8, 4) is 0 Å². The highest BCUT2D eigenvalue weighted by molar-refractivity contribution is 7.98. The summed E-state index contributed by atoms with van der Waals surface area (Å²) in [6.07, 6.45) is 4.56. The molecule has 1 N–H and O–H groups in total. The molecule has 0 bridgehead atoms. The van der Waals surface area contributed by atoms with Crippen molar-refractivity contribution in [2.75, 3.05) is 13.1 Å². The number of aromatic amines is 1. The van der Waals surface area contributed by atoms with Crippen molar-refractivity contribution in [3.05, 3.63) is 83.7 Å². The fourth-order valence-corrected chi connectivity index (χ4v) is 3.84. The van der Waals surface area contributed by atoms with E-state index in [9.17, 15) is 4.79 Å². The van der Waals surface area contributed by atoms with Crippen molar-refractivity contribution in [1.82, 2.24) is 20.1 Å². The Morgan fingerprint density at radius 2 is 1.93 bits per heavy atom. The molecule has 0 unspecified atom stereocenters. The van der Waals surface area contributed by atoms with Crippen LogP contribution >= 0.6 is 11.8 Å². The van der Waals surface area contributed by atoms with E-state index in [1.165, 1.54) is 17.5 Å². The molecule has 0 spiro atoms. The number of nitrogens with zero attached hydrogens (tertiary/aromatic N) is 3. The molecule has 0 radical (unpaired) electrons. The van der Waals surface area contributed by atoms with Gasteiger partial charge < -0.3 is 4.90 Å². The van der Waals surface area contributed by atoms with E-state index < -0.39 is 0 Å². The van der Waals surface area contributed by atoms with Crippen LogP contribution in [0, 0.1) is 0 Å². The SMILES string of the molecule is O=C(c1ccc(CSc2ncn[nH]2)cc1)N1CC=C(c2ccccc2)CC1. The normalized spacial score (nSPS) is 14.1. The summed E-state index contributed by atoms with van der Waals surface area (Å²) in [6, 6.07) is 18.2. The first-order chi connectivity index (χ1) is 13.3. The zero-order chi connectivity index (χ0) is 18.5. The molecule has 3 aromatic rings. The second-order valence-corrected chi connectivity index (χ2v) is 7.34. The van der Waals surface area contributed by atoms with Gasteiger partial charge >= 0.3 is 0 Å². The van der Waals surface area contributed by atoms with Crippen LogP contribution in [0.4, 0.5) is 0 Å². The third kappa shape index (κ3) is 4.28. The Bertz CT molecular complexity index is 921. The molecular formula is C21H20N4OS. The fraction of sp³-hybridized carbons (Fsp3) is 0.190. The van der Waals surface area contributed by atoms with E-state index in [0.29, 0.717) is 6.54 Å². The third-order valence-electron chi connectivity index (χ3n) is 4.61. The zero-order valence-corrected chi connectivity index (χ0v) is 15.7. The zero-order valence-electron chi connectivity index (χ0n) is 14.8. The highest BCUT2D eigenvalue weighted by atomic mass is 32.2. The van der Waals surface area contributed by atoms with Gasteiger partial charge in [0.25, 0.3) is 5.91 Å². The maximum Gasteiger partial charge on any atom is 0.254 e. The number of carbonyl (C=O) groups is 1. The number of amides is 1. The van der Waals surface area contributed by atoms with Gasteiger partial charge in [0, 0.05) is 24.4 Å². The Hall–Kier alpha value is -2.86. The molecule has 4 rings (SSSR count). The van der Waals surface area contributed by atoms with Crippen LogP contribution in [0.1, 0.15) is 27.9 Å². The van der Waals surface area contributed by atoms with Crippen molar-refractivity contribution in [2.24, 2.45) is 0 Å². The lowest BCUT2D eigenvalue weighted by Gasteiger charge is -2.27. The second kappa shape index (κ2) is 8.22. The summed E-state index contributed by atoms with van der Waals surface area (Å²) in [5.74, 6) is 0.879. The summed E-state index contributed by atoms with van der Waals surface area (Å²) in [4.78, 5) is 18.8. The molecule has 0 aliphatic carbocycles. The lowest BCUT2D eigenvalue weighted by Crippen LogP contribution is -2.34. The minimum atomic E-state index is 0.0906. The standard InChI is InChI=1S/C21H20N4OS/c26-20(25-12-10-18(11-13-25)17-4-2-1-3-5-17)19-8-6-16(7-9-19)14-27-21-22-15-23-24-21/h1-10,15H,11-14H2,(H,22,23,24). The van der Waals surface area contributed by atoms with E-state index in [1.807, 2.05) is 35.2 Å². The first-order valence-electron chi connectivity index (χ1n) is 8.90. The van der Waals surface area contributed by atoms with Crippen LogP contribution < -0.4 is 0 Å². The van der Waals surface area contributed by atoms with E-state index in [0.717, 1.165) is 35.0 Å². The van der Waals surface area contributed by atoms with Crippen LogP contribution in [0.2, 0.25) is 0 Å². The molecule has 2 heterocycles. The summed E-state index contributed by atoms with van der Waals surface area (Å²) in [7, 11) is 0. The number of hydrogen-bond acceptors (Lipinski definition) is 4. The maximum absolute atomic E-state index is 12.8. The van der Waals surface area contributed by atoms with E-state index >= 15 is 0 Å². The maximum atomic E-state index is 12.8. The van der Waals surface area contributed by atoms with Crippen LogP contribution in [-0.2, 0) is 5.75 Å². The van der Waals surface area contributed by atoms with E-state index in [-0.39, 0.29) is 5.91 Å². The van der Waals surface area contributed by atoms with Crippen LogP contribution in [0.15, 0.2) is 72.2 Å². The Labute approximate surface area is 162 Å². The van der Waals surface area contributed by atoms with Gasteiger partial charge in [0.1, 0.15) is 6.33 Å². The molecule has 0 atom stereocenters. The third-order valence-corrected chi connectivity index (χ3v) is 5.56. The Kier molecular flexibility index (Phi) is 5.34. The highest BCUT2D eigenvalue weighted by Crippen LogP contribution is 2.23. The van der Waals surface area contributed by atoms with E-state index in [2.05, 4.69) is 45.5 Å². The molecule has 1 aromatic heterocycles. The first kappa shape index (κ1) is 17.5. The van der Waals surface area contributed by atoms with Crippen LogP contribution in [0.25, 0.3) is 5.57 Å². The number of hydrogen-bond donors (Lipinski definition) is 1. The first-order valence-corrected chi connectivity index (χ1v) is 9.89. The number of thioether (sulfide) groups is 1. The largest absolute Gasteiger partial charge is 0.335 e. The van der Waals surface area contributed by atoms with Gasteiger partial charge in [0.05, 0.1) is 0 Å². The lowest BCUT2D eigenvalue weighted by molar-refractivity contribution is 0.0773. The van der Waals surface area contributed by atoms with Crippen molar-refractivity contribution < 1.29 is 4.79 Å². The average Bonchev–Trinajstić information content (AvgIpc) is 3.27. The summed E-state index contributed by atoms with van der Waals surface area (Å²) < 4.78 is 0. The van der Waals surface area contributed by atoms with Crippen LogP contribution in [-0.4, -0.2) is 39.1 Å². The molecule has 1 aliphatic rings. The Balaban J connectivity index is 1.36. The fourth-order valence-electron chi connectivity index (χ4n) is 3.11. The molecule has 0 saturated heterocycles. The Morgan fingerprint density at radius 3 is 2.59 bits per heavy atom. The van der Waals surface area contributed by atoms with Gasteiger partial charge in [-0.1, -0.05) is 60.3 Å². The quantitative estimate of drug-likeness (QED) is 0.683. The topological polar surface area (TPSA) is 61.9 Å². The van der Waals surface area contributed by atoms with Crippen LogP contribution in [0.3, 0.4) is 0 Å². The molecule has 27 heavy (non-hydrogen) atoms. The number of nitrogens with one attached hydrogen (secondary N) is 1. The van der Waals surface area contributed by atoms with Crippen molar-refractivity contribution in [3.63, 3.8) is 0 Å². The van der Waals surface area contributed by atoms with Crippen molar-refractivity contribution in [1.29, 1.82) is 0 Å². The van der Waals surface area contributed by atoms with Crippen LogP contribution in [0.5, 0.6) is 0 Å². The molecule has 0 fully saturated rings. The van der Waals surface area contributed by atoms with Gasteiger partial charge in [-0.05, 0) is 35.3 Å². The summed E-state index contributed by atoms with van der Waals surface area (Å²) >= 11 is 1.59. The summed E-state index contributed by atoms with van der Waals surface area (Å²) in [5, 5.41) is 7.46. The predicted octanol–water partition coefficient (Wildman–Crippen LogP) is 4.03. The lowest BCUT2D eigenvalue weighted by atomic mass is 9.99. The van der Waals surface area contributed by atoms with E-state index in [1.54, 1.807) is 11.8 Å². The number of aromatic nitrogens is 3. The molecule has 5 nitrogen and oxygen atoms in total. The molecule has 6 heteroatoms. The number of benzene rings is 2. The minimum Gasteiger partial charge on any atom is -0.335 e. The van der Waals surface area contributed by atoms with Gasteiger partial charge in [0.2, 0.25) is 0 Å². The van der Waals surface area contributed by atoms with Crippen molar-refractivity contribution >= 4 is 23.2 Å². The van der Waals surface area contributed by atoms with Crippen molar-refractivity contribution in [2.45, 2.75) is 17.3 Å².